The summed E-state index contributed by atoms with van der Waals surface area (Å²) in [6, 6.07) is 54.4. The molecule has 0 bridgehead atoms. The molecule has 8 N–H and O–H groups in total. The van der Waals surface area contributed by atoms with E-state index in [4.69, 9.17) is 103 Å². The first kappa shape index (κ1) is 125. The van der Waals surface area contributed by atoms with Gasteiger partial charge in [-0.1, -0.05) is 140 Å². The number of ether oxygens (including phenoxy) is 4. The van der Waals surface area contributed by atoms with Crippen molar-refractivity contribution in [2.45, 2.75) is 126 Å². The maximum absolute atomic E-state index is 13.3. The molecule has 2 aliphatic carbocycles. The molecule has 12 aromatic rings. The number of hydrogen-bond donors (Lipinski definition) is 5. The zero-order chi connectivity index (χ0) is 106. The number of anilines is 9. The van der Waals surface area contributed by atoms with E-state index >= 15 is 0 Å². The van der Waals surface area contributed by atoms with Crippen molar-refractivity contribution in [3.8, 4) is 17.6 Å². The maximum Gasteiger partial charge on any atom is 0.309 e. The van der Waals surface area contributed by atoms with E-state index in [0.717, 1.165) is 92.8 Å². The number of carbonyl (C=O) groups excluding carboxylic acids is 6. The van der Waals surface area contributed by atoms with Gasteiger partial charge in [-0.3, -0.25) is 28.8 Å². The van der Waals surface area contributed by atoms with Gasteiger partial charge in [-0.05, 0) is 372 Å². The minimum atomic E-state index is -1.93. The lowest BCUT2D eigenvalue weighted by molar-refractivity contribution is -0.143. The highest BCUT2D eigenvalue weighted by atomic mass is 127. The zero-order valence-corrected chi connectivity index (χ0v) is 100. The number of nitrogens with zero attached hydrogens (tertiary/aromatic N) is 15. The predicted molar refractivity (Wildman–Crippen MR) is 651 cm³/mol. The number of nitrogen functional groups attached to an aromatic ring is 3. The van der Waals surface area contributed by atoms with Crippen molar-refractivity contribution in [2.24, 2.45) is 11.3 Å². The van der Waals surface area contributed by atoms with Crippen LogP contribution in [-0.4, -0.2) is 193 Å². The first-order valence-corrected chi connectivity index (χ1v) is 59.8. The van der Waals surface area contributed by atoms with E-state index in [0.29, 0.717) is 58.3 Å². The van der Waals surface area contributed by atoms with Crippen LogP contribution in [0.4, 0.5) is 51.4 Å². The Morgan fingerprint density at radius 2 is 0.805 bits per heavy atom. The van der Waals surface area contributed by atoms with Gasteiger partial charge in [-0.2, -0.15) is 0 Å². The molecule has 0 saturated heterocycles. The van der Waals surface area contributed by atoms with Crippen LogP contribution in [0.25, 0.3) is 5.57 Å². The van der Waals surface area contributed by atoms with Crippen molar-refractivity contribution in [1.82, 2.24) is 49.8 Å². The summed E-state index contributed by atoms with van der Waals surface area (Å²) in [6.45, 7) is 27.0. The molecule has 7 aromatic carbocycles. The number of fused-ring (bicyclic) bond motifs is 3. The maximum atomic E-state index is 13.3. The van der Waals surface area contributed by atoms with Crippen molar-refractivity contribution >= 4 is 303 Å². The third kappa shape index (κ3) is 34.4. The number of carbonyl (C=O) groups is 6. The molecule has 0 radical (unpaired) electrons. The van der Waals surface area contributed by atoms with Gasteiger partial charge in [0.25, 0.3) is 29.5 Å². The van der Waals surface area contributed by atoms with Crippen LogP contribution in [0.2, 0.25) is 62.0 Å². The topological polar surface area (TPSA) is 413 Å². The number of nitrogens with one attached hydrogen (secondary N) is 1. The first-order chi connectivity index (χ1) is 69.3. The Morgan fingerprint density at radius 1 is 0.470 bits per heavy atom. The van der Waals surface area contributed by atoms with Gasteiger partial charge in [0.2, 0.25) is 17.6 Å². The summed E-state index contributed by atoms with van der Waals surface area (Å²) in [4.78, 5) is 123. The fraction of sp³-hybridized carbons (Fsp3) is 0.327. The van der Waals surface area contributed by atoms with Crippen LogP contribution in [0.5, 0.6) is 17.6 Å². The molecule has 1 saturated carbocycles. The Bertz CT molecular complexity index is 6400. The van der Waals surface area contributed by atoms with Gasteiger partial charge in [0.15, 0.2) is 16.6 Å². The number of rotatable bonds is 20. The number of hydrogen-bond acceptors (Lipinski definition) is 27. The molecule has 3 aliphatic heterocycles. The molecule has 2 unspecified atom stereocenters. The lowest BCUT2D eigenvalue weighted by atomic mass is 9.83. The summed E-state index contributed by atoms with van der Waals surface area (Å²) in [5.74, 6) is -0.630. The summed E-state index contributed by atoms with van der Waals surface area (Å²) in [5, 5.41) is 13.1. The molecule has 5 aromatic heterocycles. The molecular formula is C104H120Cl5I6N19O13Si2. The van der Waals surface area contributed by atoms with E-state index < -0.39 is 22.5 Å². The number of aromatic nitrogens is 10. The van der Waals surface area contributed by atoms with E-state index in [1.807, 2.05) is 133 Å². The van der Waals surface area contributed by atoms with Gasteiger partial charge in [-0.25, -0.2) is 49.8 Å². The molecule has 17 rings (SSSR count). The van der Waals surface area contributed by atoms with Crippen molar-refractivity contribution in [1.29, 1.82) is 0 Å². The first-order valence-electron chi connectivity index (χ1n) is 45.6. The van der Waals surface area contributed by atoms with E-state index in [1.54, 1.807) is 31.7 Å². The van der Waals surface area contributed by atoms with Crippen molar-refractivity contribution in [3.63, 3.8) is 0 Å². The highest BCUT2D eigenvalue weighted by Crippen LogP contribution is 2.62. The second kappa shape index (κ2) is 58.0. The average molecular weight is 2840 g/mol. The predicted octanol–water partition coefficient (Wildman–Crippen LogP) is 24.9. The minimum Gasteiger partial charge on any atom is -0.475 e. The number of methoxy groups -OCH3 is 1. The van der Waals surface area contributed by atoms with Gasteiger partial charge in [-0.15, -0.1) is 0 Å². The van der Waals surface area contributed by atoms with Crippen LogP contribution in [0.3, 0.4) is 0 Å². The van der Waals surface area contributed by atoms with Gasteiger partial charge < -0.3 is 79.9 Å². The van der Waals surface area contributed by atoms with E-state index in [2.05, 4.69) is 289 Å². The standard InChI is InChI=1S/C23H24N4O4.C19H24Cl2IN3O2Si.C14H24INOSi.C13H10Cl2IN3O2.C13H9ClIN3O2.C13H11IN4O2.C6H6IN.3CH4/c1-30-22(29)17-12-23(17)8-6-15(7-9-23)14-2-4-16(5-3-14)27-10-11-31-20-18(21(27)28)19(24)25-13-26-20;1-19(2,3)28(4,5)27-11-10-25(14-8-6-13(22)7-9-14)18(26)15-16(20)23-12-24-17(15)21;1-14(2,3)18(4,5)17-11-10-16-13-8-6-12(15)7-9-13;14-11-10(12(15)18-7-17-11)13(21)19(5-6-20)9-3-1-8(16)2-4-9;14-11-10-12(17-7-16-11)20-6-5-18(13(10)19)9-3-1-8(15)2-4-9;14-8-1-3-9(4-2-8)18-5-6-20-12-10(13(18)19)11(15)16-7-17-12;7-5-1-3-6(8)4-2-5;;;/h2-6,13,17H,7-12H2,1H3,(H2,24,25,26);6-9,12H,10-11H2,1-5H3;6-9,16H,10-11H2,1-5H3;1-4,7,20H,5-6H2;1-4,7H,5-6H2;1-4,7H,5-6H2,(H2,15,16,17);1-4H,8H2;3*1H4. The summed E-state index contributed by atoms with van der Waals surface area (Å²) < 4.78 is 40.6. The molecule has 8 heterocycles. The Morgan fingerprint density at radius 3 is 1.17 bits per heavy atom. The van der Waals surface area contributed by atoms with Crippen LogP contribution in [0.1, 0.15) is 147 Å². The molecule has 5 aliphatic rings. The van der Waals surface area contributed by atoms with Crippen molar-refractivity contribution < 1.29 is 61.7 Å². The highest BCUT2D eigenvalue weighted by Gasteiger charge is 2.58. The molecule has 2 atom stereocenters. The second-order valence-electron chi connectivity index (χ2n) is 36.2. The number of amides is 5. The Kier molecular flexibility index (Phi) is 48.8. The fourth-order valence-electron chi connectivity index (χ4n) is 14.5. The van der Waals surface area contributed by atoms with Gasteiger partial charge >= 0.3 is 5.97 Å². The lowest BCUT2D eigenvalue weighted by Crippen LogP contribution is -2.43. The van der Waals surface area contributed by atoms with Crippen LogP contribution in [0.15, 0.2) is 208 Å². The largest absolute Gasteiger partial charge is 0.475 e. The lowest BCUT2D eigenvalue weighted by Gasteiger charge is -2.36. The summed E-state index contributed by atoms with van der Waals surface area (Å²) in [6.07, 6.45) is 12.3. The minimum absolute atomic E-state index is 0. The van der Waals surface area contributed by atoms with E-state index in [1.165, 1.54) is 56.4 Å². The van der Waals surface area contributed by atoms with Gasteiger partial charge in [0, 0.05) is 80.9 Å². The molecule has 1 spiro atoms. The summed E-state index contributed by atoms with van der Waals surface area (Å²) in [5.41, 5.74) is 26.1. The fourth-order valence-corrected chi connectivity index (χ4v) is 19.9. The molecule has 1 fully saturated rings. The number of nitrogens with two attached hydrogens (primary N) is 3. The third-order valence-electron chi connectivity index (χ3n) is 24.7. The second-order valence-corrected chi connectivity index (χ2v) is 55.0. The van der Waals surface area contributed by atoms with Crippen LogP contribution in [0, 0.1) is 32.8 Å². The molecule has 45 heteroatoms. The SMILES string of the molecule is C.C.C.CC(C)(C)[Si](C)(C)OCCN(C(=O)c1c(Cl)ncnc1Cl)c1ccc(I)cc1.CC(C)(C)[Si](C)(C)OCCNc1ccc(I)cc1.COC(=O)C1CC12CC=C(c1ccc(N3CCOc4ncnc(N)c4C3=O)cc1)CC2.Nc1ccc(I)cc1.Nc1ncnc2c1C(=O)N(c1ccc(I)cc1)CCO2.O=C(c1c(Cl)ncnc1Cl)N(CCO)c1ccc(I)cc1.O=C1c2c(Cl)ncnc2OCCN1c1ccc(I)cc1. The molecule has 5 amide bonds. The molecular weight excluding hydrogens is 2720 g/mol. The van der Waals surface area contributed by atoms with E-state index in [-0.39, 0.29) is 169 Å². The van der Waals surface area contributed by atoms with Gasteiger partial charge in [0.05, 0.1) is 52.5 Å². The number of esters is 1. The number of aliphatic hydroxyl groups is 1. The summed E-state index contributed by atoms with van der Waals surface area (Å²) >= 11 is 43.5. The normalized spacial score (nSPS) is 14.8. The molecule has 32 nitrogen and oxygen atoms in total. The number of halogens is 11. The average Bonchev–Trinajstić information content (AvgIpc) is 1.58. The smallest absolute Gasteiger partial charge is 0.309 e. The molecule has 794 valence electrons. The molecule has 149 heavy (non-hydrogen) atoms. The monoisotopic (exact) mass is 2840 g/mol. The van der Waals surface area contributed by atoms with Gasteiger partial charge in [0.1, 0.15) is 117 Å². The van der Waals surface area contributed by atoms with Crippen molar-refractivity contribution in [2.75, 3.05) is 133 Å². The Labute approximate surface area is 979 Å². The third-order valence-corrected chi connectivity index (χ3v) is 39.5. The number of aliphatic hydroxyl groups excluding tert-OH is 1. The number of allylic oxidation sites excluding steroid dienone is 2. The Hall–Kier alpha value is -8.76. The van der Waals surface area contributed by atoms with Crippen LogP contribution >= 0.6 is 194 Å². The number of benzene rings is 7. The van der Waals surface area contributed by atoms with Crippen molar-refractivity contribution in [3.05, 3.63) is 288 Å². The van der Waals surface area contributed by atoms with Crippen LogP contribution in [-0.2, 0) is 18.4 Å². The zero-order valence-electron chi connectivity index (χ0n) is 81.5. The highest BCUT2D eigenvalue weighted by molar-refractivity contribution is 14.1. The van der Waals surface area contributed by atoms with Crippen LogP contribution < -0.4 is 61.2 Å². The Balaban J connectivity index is 0.000000216. The van der Waals surface area contributed by atoms with E-state index in [9.17, 15) is 33.9 Å². The quantitative estimate of drug-likeness (QED) is 0.0118. The summed E-state index contributed by atoms with van der Waals surface area (Å²) in [7, 11) is -2.07.